The van der Waals surface area contributed by atoms with Crippen molar-refractivity contribution in [3.63, 3.8) is 0 Å². The first-order chi connectivity index (χ1) is 13.6. The molecule has 7 nitrogen and oxygen atoms in total. The minimum atomic E-state index is -0.673. The van der Waals surface area contributed by atoms with Crippen LogP contribution < -0.4 is 10.3 Å². The van der Waals surface area contributed by atoms with Gasteiger partial charge in [0, 0.05) is 11.8 Å². The predicted molar refractivity (Wildman–Crippen MR) is 99.3 cm³/mol. The zero-order valence-corrected chi connectivity index (χ0v) is 15.1. The number of fused-ring (bicyclic) bond motifs is 1. The second-order valence-corrected chi connectivity index (χ2v) is 6.29. The number of pyridine rings is 1. The van der Waals surface area contributed by atoms with Crippen LogP contribution >= 0.6 is 0 Å². The Morgan fingerprint density at radius 2 is 1.96 bits per heavy atom. The minimum absolute atomic E-state index is 0.00402. The van der Waals surface area contributed by atoms with Crippen molar-refractivity contribution >= 4 is 11.9 Å². The van der Waals surface area contributed by atoms with E-state index in [1.807, 2.05) is 30.3 Å². The molecule has 7 heteroatoms. The quantitative estimate of drug-likeness (QED) is 0.699. The van der Waals surface area contributed by atoms with Gasteiger partial charge in [0.05, 0.1) is 24.5 Å². The molecule has 3 heterocycles. The van der Waals surface area contributed by atoms with Gasteiger partial charge >= 0.3 is 11.9 Å². The molecular weight excluding hydrogens is 362 g/mol. The molecule has 0 radical (unpaired) electrons. The van der Waals surface area contributed by atoms with Gasteiger partial charge in [-0.25, -0.2) is 4.79 Å². The van der Waals surface area contributed by atoms with Crippen LogP contribution in [0.1, 0.15) is 40.9 Å². The van der Waals surface area contributed by atoms with Crippen molar-refractivity contribution in [1.82, 2.24) is 4.98 Å². The third-order valence-corrected chi connectivity index (χ3v) is 4.54. The molecule has 2 aromatic heterocycles. The van der Waals surface area contributed by atoms with Gasteiger partial charge in [-0.05, 0) is 19.1 Å². The topological polar surface area (TPSA) is 98.6 Å². The smallest absolute Gasteiger partial charge is 0.343 e. The number of nitrogens with one attached hydrogen (secondary N) is 1. The molecule has 0 saturated carbocycles. The van der Waals surface area contributed by atoms with Crippen LogP contribution in [0.15, 0.2) is 57.9 Å². The molecular formula is C21H17NO6. The van der Waals surface area contributed by atoms with Crippen LogP contribution in [0.25, 0.3) is 11.3 Å². The summed E-state index contributed by atoms with van der Waals surface area (Å²) < 4.78 is 16.2. The van der Waals surface area contributed by atoms with Crippen molar-refractivity contribution in [2.75, 3.05) is 6.61 Å². The van der Waals surface area contributed by atoms with E-state index in [4.69, 9.17) is 13.9 Å². The molecule has 0 unspecified atom stereocenters. The molecule has 1 aromatic carbocycles. The zero-order chi connectivity index (χ0) is 19.7. The van der Waals surface area contributed by atoms with E-state index in [1.54, 1.807) is 19.1 Å². The van der Waals surface area contributed by atoms with Gasteiger partial charge in [-0.1, -0.05) is 30.3 Å². The Labute approximate surface area is 159 Å². The summed E-state index contributed by atoms with van der Waals surface area (Å²) in [4.78, 5) is 39.5. The van der Waals surface area contributed by atoms with Gasteiger partial charge in [0.25, 0.3) is 5.56 Å². The molecule has 142 valence electrons. The van der Waals surface area contributed by atoms with E-state index in [-0.39, 0.29) is 29.9 Å². The Morgan fingerprint density at radius 3 is 2.71 bits per heavy atom. The van der Waals surface area contributed by atoms with Crippen LogP contribution in [0, 0.1) is 0 Å². The van der Waals surface area contributed by atoms with Gasteiger partial charge in [0.1, 0.15) is 17.1 Å². The van der Waals surface area contributed by atoms with Crippen molar-refractivity contribution in [1.29, 1.82) is 0 Å². The second-order valence-electron chi connectivity index (χ2n) is 6.29. The number of benzene rings is 1. The third-order valence-electron chi connectivity index (χ3n) is 4.54. The maximum atomic E-state index is 12.5. The Morgan fingerprint density at radius 1 is 1.18 bits per heavy atom. The van der Waals surface area contributed by atoms with Gasteiger partial charge in [-0.2, -0.15) is 0 Å². The number of ether oxygens (including phenoxy) is 2. The lowest BCUT2D eigenvalue weighted by Crippen LogP contribution is -2.29. The average molecular weight is 379 g/mol. The maximum absolute atomic E-state index is 12.5. The van der Waals surface area contributed by atoms with Crippen molar-refractivity contribution in [2.45, 2.75) is 19.3 Å². The number of furan rings is 1. The summed E-state index contributed by atoms with van der Waals surface area (Å²) >= 11 is 0. The number of hydrogen-bond donors (Lipinski definition) is 1. The summed E-state index contributed by atoms with van der Waals surface area (Å²) in [5, 5.41) is 0. The van der Waals surface area contributed by atoms with Gasteiger partial charge in [-0.3, -0.25) is 9.59 Å². The fourth-order valence-electron chi connectivity index (χ4n) is 3.28. The van der Waals surface area contributed by atoms with Gasteiger partial charge < -0.3 is 18.9 Å². The van der Waals surface area contributed by atoms with Crippen molar-refractivity contribution in [2.24, 2.45) is 0 Å². The maximum Gasteiger partial charge on any atom is 0.343 e. The van der Waals surface area contributed by atoms with Crippen LogP contribution in [0.5, 0.6) is 5.75 Å². The molecule has 0 spiro atoms. The third kappa shape index (κ3) is 3.11. The summed E-state index contributed by atoms with van der Waals surface area (Å²) in [5.41, 5.74) is 0.614. The van der Waals surface area contributed by atoms with Gasteiger partial charge in [-0.15, -0.1) is 0 Å². The van der Waals surface area contributed by atoms with E-state index in [0.717, 1.165) is 5.56 Å². The van der Waals surface area contributed by atoms with Crippen LogP contribution in [0.3, 0.4) is 0 Å². The lowest BCUT2D eigenvalue weighted by Gasteiger charge is -2.23. The summed E-state index contributed by atoms with van der Waals surface area (Å²) in [6.07, 6.45) is 1.14. The van der Waals surface area contributed by atoms with E-state index in [9.17, 15) is 14.4 Å². The molecule has 28 heavy (non-hydrogen) atoms. The van der Waals surface area contributed by atoms with Crippen LogP contribution in [-0.2, 0) is 9.53 Å². The highest BCUT2D eigenvalue weighted by Crippen LogP contribution is 2.40. The number of esters is 2. The molecule has 3 aromatic rings. The Balaban J connectivity index is 1.80. The molecule has 0 bridgehead atoms. The SMILES string of the molecule is CCOC(=O)c1c[nH]c(=O)c2c1OC(=O)C[C@@H]2c1ccc(-c2ccccc2)o1. The van der Waals surface area contributed by atoms with E-state index in [1.165, 1.54) is 6.20 Å². The number of carbonyl (C=O) groups is 2. The number of aromatic amines is 1. The van der Waals surface area contributed by atoms with Gasteiger partial charge in [0.15, 0.2) is 5.75 Å². The van der Waals surface area contributed by atoms with Gasteiger partial charge in [0.2, 0.25) is 0 Å². The molecule has 1 atom stereocenters. The molecule has 0 aliphatic carbocycles. The fourth-order valence-corrected chi connectivity index (χ4v) is 3.28. The fraction of sp³-hybridized carbons (Fsp3) is 0.190. The zero-order valence-electron chi connectivity index (χ0n) is 15.1. The summed E-state index contributed by atoms with van der Waals surface area (Å²) in [6, 6.07) is 13.0. The molecule has 1 aliphatic heterocycles. The van der Waals surface area contributed by atoms with Crippen molar-refractivity contribution in [3.8, 4) is 17.1 Å². The van der Waals surface area contributed by atoms with E-state index in [2.05, 4.69) is 4.98 Å². The number of aromatic nitrogens is 1. The van der Waals surface area contributed by atoms with Crippen molar-refractivity contribution in [3.05, 3.63) is 75.9 Å². The Kier molecular flexibility index (Phi) is 4.57. The minimum Gasteiger partial charge on any atom is -0.462 e. The van der Waals surface area contributed by atoms with Crippen LogP contribution in [-0.4, -0.2) is 23.5 Å². The normalized spacial score (nSPS) is 15.6. The molecule has 0 fully saturated rings. The molecule has 0 saturated heterocycles. The lowest BCUT2D eigenvalue weighted by atomic mass is 9.90. The first-order valence-electron chi connectivity index (χ1n) is 8.87. The van der Waals surface area contributed by atoms with Crippen LogP contribution in [0.2, 0.25) is 0 Å². The van der Waals surface area contributed by atoms with E-state index in [0.29, 0.717) is 11.5 Å². The van der Waals surface area contributed by atoms with E-state index >= 15 is 0 Å². The molecule has 0 amide bonds. The highest BCUT2D eigenvalue weighted by Gasteiger charge is 2.36. The first-order valence-corrected chi connectivity index (χ1v) is 8.87. The number of carbonyl (C=O) groups excluding carboxylic acids is 2. The largest absolute Gasteiger partial charge is 0.462 e. The number of rotatable bonds is 4. The molecule has 1 N–H and O–H groups in total. The second kappa shape index (κ2) is 7.19. The molecule has 4 rings (SSSR count). The molecule has 1 aliphatic rings. The monoisotopic (exact) mass is 379 g/mol. The summed E-state index contributed by atoms with van der Waals surface area (Å²) in [6.45, 7) is 1.82. The lowest BCUT2D eigenvalue weighted by molar-refractivity contribution is -0.135. The highest BCUT2D eigenvalue weighted by atomic mass is 16.5. The highest BCUT2D eigenvalue weighted by molar-refractivity contribution is 5.94. The Hall–Kier alpha value is -3.61. The van der Waals surface area contributed by atoms with E-state index < -0.39 is 23.4 Å². The first kappa shape index (κ1) is 17.8. The summed E-state index contributed by atoms with van der Waals surface area (Å²) in [5.74, 6) is -0.885. The average Bonchev–Trinajstić information content (AvgIpc) is 3.18. The predicted octanol–water partition coefficient (Wildman–Crippen LogP) is 3.25. The standard InChI is InChI=1S/C21H17NO6/c1-2-26-21(25)14-11-22-20(24)18-13(10-17(23)28-19(14)18)16-9-8-15(27-16)12-6-4-3-5-7-12/h3-9,11,13H,2,10H2,1H3,(H,22,24)/t13-/m1/s1. The Bertz CT molecular complexity index is 1100. The number of hydrogen-bond acceptors (Lipinski definition) is 6. The number of H-pyrrole nitrogens is 1. The summed E-state index contributed by atoms with van der Waals surface area (Å²) in [7, 11) is 0. The van der Waals surface area contributed by atoms with Crippen LogP contribution in [0.4, 0.5) is 0 Å². The van der Waals surface area contributed by atoms with Crippen molar-refractivity contribution < 1.29 is 23.5 Å².